The van der Waals surface area contributed by atoms with E-state index in [2.05, 4.69) is 53.2 Å². The van der Waals surface area contributed by atoms with Crippen molar-refractivity contribution in [2.24, 2.45) is 0 Å². The molecule has 0 aliphatic carbocycles. The van der Waals surface area contributed by atoms with Crippen molar-refractivity contribution in [1.29, 1.82) is 0 Å². The molecule has 0 bridgehead atoms. The molecular weight excluding hydrogens is 388 g/mol. The molecule has 2 nitrogen and oxygen atoms in total. The molecule has 0 saturated carbocycles. The molecule has 0 N–H and O–H groups in total. The summed E-state index contributed by atoms with van der Waals surface area (Å²) < 4.78 is 11.9. The third-order valence-electron chi connectivity index (χ3n) is 4.06. The smallest absolute Gasteiger partial charge is 0.122 e. The van der Waals surface area contributed by atoms with E-state index < -0.39 is 0 Å². The van der Waals surface area contributed by atoms with Crippen molar-refractivity contribution in [2.45, 2.75) is 45.6 Å². The largest absolute Gasteiger partial charge is 0.493 e. The summed E-state index contributed by atoms with van der Waals surface area (Å²) in [5.41, 5.74) is 2.28. The highest BCUT2D eigenvalue weighted by atomic mass is 79.9. The summed E-state index contributed by atoms with van der Waals surface area (Å²) in [6.07, 6.45) is 7.93. The van der Waals surface area contributed by atoms with Crippen LogP contribution in [0.25, 0.3) is 5.76 Å². The molecule has 2 aromatic carbocycles. The van der Waals surface area contributed by atoms with Gasteiger partial charge in [0.05, 0.1) is 6.61 Å². The molecule has 0 radical (unpaired) electrons. The Bertz CT molecular complexity index is 635. The summed E-state index contributed by atoms with van der Waals surface area (Å²) in [4.78, 5) is 0. The number of rotatable bonds is 12. The van der Waals surface area contributed by atoms with Gasteiger partial charge in [-0.1, -0.05) is 66.0 Å². The van der Waals surface area contributed by atoms with E-state index in [0.717, 1.165) is 41.9 Å². The average molecular weight is 417 g/mol. The van der Waals surface area contributed by atoms with Crippen molar-refractivity contribution >= 4 is 21.7 Å². The Morgan fingerprint density at radius 3 is 2.35 bits per heavy atom. The molecular formula is C23H29BrO2. The van der Waals surface area contributed by atoms with E-state index in [4.69, 9.17) is 9.47 Å². The first-order valence-corrected chi connectivity index (χ1v) is 10.6. The molecule has 0 atom stereocenters. The van der Waals surface area contributed by atoms with Crippen molar-refractivity contribution < 1.29 is 9.47 Å². The summed E-state index contributed by atoms with van der Waals surface area (Å²) >= 11 is 3.47. The molecule has 0 unspecified atom stereocenters. The summed E-state index contributed by atoms with van der Waals surface area (Å²) in [5.74, 6) is 1.85. The quantitative estimate of drug-likeness (QED) is 0.211. The monoisotopic (exact) mass is 416 g/mol. The van der Waals surface area contributed by atoms with E-state index in [1.807, 2.05) is 30.3 Å². The number of unbranched alkanes of at least 4 members (excludes halogenated alkanes) is 3. The van der Waals surface area contributed by atoms with Gasteiger partial charge in [-0.05, 0) is 55.2 Å². The third kappa shape index (κ3) is 7.65. The first-order valence-electron chi connectivity index (χ1n) is 9.49. The second-order valence-electron chi connectivity index (χ2n) is 6.23. The first kappa shape index (κ1) is 20.6. The lowest BCUT2D eigenvalue weighted by molar-refractivity contribution is 0.266. The highest BCUT2D eigenvalue weighted by Crippen LogP contribution is 2.21. The highest BCUT2D eigenvalue weighted by Gasteiger charge is 2.04. The van der Waals surface area contributed by atoms with Crippen LogP contribution >= 0.6 is 15.9 Å². The van der Waals surface area contributed by atoms with Crippen LogP contribution in [0.2, 0.25) is 0 Å². The number of allylic oxidation sites excluding steroid dienone is 1. The summed E-state index contributed by atoms with van der Waals surface area (Å²) in [5, 5.41) is 1.09. The van der Waals surface area contributed by atoms with Gasteiger partial charge in [0.2, 0.25) is 0 Å². The van der Waals surface area contributed by atoms with E-state index >= 15 is 0 Å². The Kier molecular flexibility index (Phi) is 9.96. The number of halogens is 1. The molecule has 0 saturated heterocycles. The zero-order valence-corrected chi connectivity index (χ0v) is 17.2. The van der Waals surface area contributed by atoms with E-state index in [0.29, 0.717) is 6.61 Å². The fraction of sp³-hybridized carbons (Fsp3) is 0.391. The van der Waals surface area contributed by atoms with Crippen LogP contribution in [-0.4, -0.2) is 11.9 Å². The van der Waals surface area contributed by atoms with Crippen LogP contribution in [-0.2, 0) is 11.3 Å². The molecule has 2 rings (SSSR count). The molecule has 0 aromatic heterocycles. The van der Waals surface area contributed by atoms with Crippen LogP contribution < -0.4 is 4.74 Å². The standard InChI is InChI=1S/C23H29BrO2/c1-2-10-23(25-18-9-4-3-8-17-24)21-13-15-22(16-14-21)26-19-20-11-6-5-7-12-20/h5-7,10-16H,2-4,8-9,17-19H2,1H3. The van der Waals surface area contributed by atoms with Gasteiger partial charge in [0.15, 0.2) is 0 Å². The maximum absolute atomic E-state index is 6.03. The number of benzene rings is 2. The van der Waals surface area contributed by atoms with Gasteiger partial charge in [0.25, 0.3) is 0 Å². The minimum atomic E-state index is 0.586. The third-order valence-corrected chi connectivity index (χ3v) is 4.62. The van der Waals surface area contributed by atoms with Crippen molar-refractivity contribution in [3.05, 3.63) is 71.8 Å². The van der Waals surface area contributed by atoms with Gasteiger partial charge in [-0.3, -0.25) is 0 Å². The zero-order chi connectivity index (χ0) is 18.5. The predicted molar refractivity (Wildman–Crippen MR) is 114 cm³/mol. The SMILES string of the molecule is CCC=C(OCCCCCCBr)c1ccc(OCc2ccccc2)cc1. The predicted octanol–water partition coefficient (Wildman–Crippen LogP) is 6.99. The van der Waals surface area contributed by atoms with Gasteiger partial charge in [0.1, 0.15) is 18.1 Å². The molecule has 0 amide bonds. The molecule has 0 aliphatic heterocycles. The molecule has 0 aliphatic rings. The van der Waals surface area contributed by atoms with Crippen LogP contribution in [0.5, 0.6) is 5.75 Å². The van der Waals surface area contributed by atoms with Crippen molar-refractivity contribution in [1.82, 2.24) is 0 Å². The van der Waals surface area contributed by atoms with E-state index in [1.165, 1.54) is 24.8 Å². The number of ether oxygens (including phenoxy) is 2. The molecule has 0 fully saturated rings. The second kappa shape index (κ2) is 12.6. The highest BCUT2D eigenvalue weighted by molar-refractivity contribution is 9.09. The lowest BCUT2D eigenvalue weighted by atomic mass is 10.1. The van der Waals surface area contributed by atoms with E-state index in [9.17, 15) is 0 Å². The molecule has 0 heterocycles. The summed E-state index contributed by atoms with van der Waals surface area (Å²) in [7, 11) is 0. The van der Waals surface area contributed by atoms with Crippen molar-refractivity contribution in [3.63, 3.8) is 0 Å². The summed E-state index contributed by atoms with van der Waals surface area (Å²) in [6, 6.07) is 18.4. The zero-order valence-electron chi connectivity index (χ0n) is 15.6. The second-order valence-corrected chi connectivity index (χ2v) is 7.02. The van der Waals surface area contributed by atoms with Crippen LogP contribution in [0.3, 0.4) is 0 Å². The van der Waals surface area contributed by atoms with E-state index in [-0.39, 0.29) is 0 Å². The molecule has 2 aromatic rings. The fourth-order valence-electron chi connectivity index (χ4n) is 2.63. The van der Waals surface area contributed by atoms with Crippen LogP contribution in [0.4, 0.5) is 0 Å². The lowest BCUT2D eigenvalue weighted by Crippen LogP contribution is -1.97. The van der Waals surface area contributed by atoms with Gasteiger partial charge in [0, 0.05) is 10.9 Å². The Balaban J connectivity index is 1.84. The minimum absolute atomic E-state index is 0.586. The molecule has 26 heavy (non-hydrogen) atoms. The number of alkyl halides is 1. The first-order chi connectivity index (χ1) is 12.8. The Hall–Kier alpha value is -1.74. The normalized spacial score (nSPS) is 11.4. The maximum atomic E-state index is 6.03. The van der Waals surface area contributed by atoms with Crippen LogP contribution in [0.1, 0.15) is 50.2 Å². The van der Waals surface area contributed by atoms with Crippen LogP contribution in [0.15, 0.2) is 60.7 Å². The number of hydrogen-bond donors (Lipinski definition) is 0. The lowest BCUT2D eigenvalue weighted by Gasteiger charge is -2.12. The van der Waals surface area contributed by atoms with Gasteiger partial charge < -0.3 is 9.47 Å². The Labute approximate surface area is 166 Å². The fourth-order valence-corrected chi connectivity index (χ4v) is 3.03. The van der Waals surface area contributed by atoms with Crippen molar-refractivity contribution in [2.75, 3.05) is 11.9 Å². The summed E-state index contributed by atoms with van der Waals surface area (Å²) in [6.45, 7) is 3.50. The van der Waals surface area contributed by atoms with Gasteiger partial charge in [-0.25, -0.2) is 0 Å². The Morgan fingerprint density at radius 2 is 1.65 bits per heavy atom. The van der Waals surface area contributed by atoms with Gasteiger partial charge >= 0.3 is 0 Å². The van der Waals surface area contributed by atoms with Crippen LogP contribution in [0, 0.1) is 0 Å². The average Bonchev–Trinajstić information content (AvgIpc) is 2.69. The topological polar surface area (TPSA) is 18.5 Å². The minimum Gasteiger partial charge on any atom is -0.493 e. The van der Waals surface area contributed by atoms with Gasteiger partial charge in [-0.15, -0.1) is 0 Å². The molecule has 140 valence electrons. The van der Waals surface area contributed by atoms with E-state index in [1.54, 1.807) is 0 Å². The van der Waals surface area contributed by atoms with Crippen molar-refractivity contribution in [3.8, 4) is 5.75 Å². The maximum Gasteiger partial charge on any atom is 0.122 e. The van der Waals surface area contributed by atoms with Gasteiger partial charge in [-0.2, -0.15) is 0 Å². The molecule has 0 spiro atoms. The Morgan fingerprint density at radius 1 is 0.923 bits per heavy atom. The molecule has 3 heteroatoms. The number of hydrogen-bond acceptors (Lipinski definition) is 2.